The van der Waals surface area contributed by atoms with Crippen LogP contribution in [-0.2, 0) is 16.0 Å². The molecule has 1 aromatic rings. The second-order valence-electron chi connectivity index (χ2n) is 6.19. The fourth-order valence-electron chi connectivity index (χ4n) is 2.85. The number of piperazine rings is 1. The van der Waals surface area contributed by atoms with Crippen LogP contribution in [0, 0.1) is 0 Å². The van der Waals surface area contributed by atoms with Gasteiger partial charge in [-0.05, 0) is 43.5 Å². The summed E-state index contributed by atoms with van der Waals surface area (Å²) in [6.45, 7) is 5.59. The van der Waals surface area contributed by atoms with E-state index in [1.807, 2.05) is 18.2 Å². The van der Waals surface area contributed by atoms with Gasteiger partial charge in [-0.2, -0.15) is 0 Å². The Bertz CT molecular complexity index is 542. The van der Waals surface area contributed by atoms with E-state index in [0.29, 0.717) is 0 Å². The van der Waals surface area contributed by atoms with E-state index in [9.17, 15) is 9.59 Å². The highest BCUT2D eigenvalue weighted by Gasteiger charge is 2.09. The second-order valence-corrected chi connectivity index (χ2v) is 6.19. The Labute approximate surface area is 143 Å². The first-order valence-corrected chi connectivity index (χ1v) is 8.67. The predicted octanol–water partition coefficient (Wildman–Crippen LogP) is 1.72. The maximum absolute atomic E-state index is 11.7. The molecule has 0 atom stereocenters. The third-order valence-corrected chi connectivity index (χ3v) is 4.18. The van der Waals surface area contributed by atoms with Crippen LogP contribution in [0.3, 0.4) is 0 Å². The Morgan fingerprint density at radius 3 is 2.71 bits per heavy atom. The van der Waals surface area contributed by atoms with Gasteiger partial charge >= 0.3 is 5.97 Å². The lowest BCUT2D eigenvalue weighted by Crippen LogP contribution is -2.43. The number of carboxylic acids is 1. The SMILES string of the molecule is O=C(O)CCC(=O)Nc1cccc(CCCCN2CCNCC2)c1. The highest BCUT2D eigenvalue weighted by molar-refractivity contribution is 5.92. The van der Waals surface area contributed by atoms with Crippen LogP contribution in [0.5, 0.6) is 0 Å². The maximum atomic E-state index is 11.7. The average Bonchev–Trinajstić information content (AvgIpc) is 2.58. The van der Waals surface area contributed by atoms with Crippen LogP contribution in [0.4, 0.5) is 5.69 Å². The van der Waals surface area contributed by atoms with Crippen molar-refractivity contribution in [1.29, 1.82) is 0 Å². The topological polar surface area (TPSA) is 81.7 Å². The quantitative estimate of drug-likeness (QED) is 0.600. The number of hydrogen-bond donors (Lipinski definition) is 3. The minimum atomic E-state index is -0.955. The van der Waals surface area contributed by atoms with E-state index in [1.165, 1.54) is 12.0 Å². The van der Waals surface area contributed by atoms with Crippen molar-refractivity contribution >= 4 is 17.6 Å². The molecule has 1 amide bonds. The number of aliphatic carboxylic acids is 1. The van der Waals surface area contributed by atoms with Gasteiger partial charge in [0.1, 0.15) is 0 Å². The van der Waals surface area contributed by atoms with Crippen molar-refractivity contribution in [3.05, 3.63) is 29.8 Å². The lowest BCUT2D eigenvalue weighted by atomic mass is 10.1. The molecular formula is C18H27N3O3. The predicted molar refractivity (Wildman–Crippen MR) is 94.2 cm³/mol. The Kier molecular flexibility index (Phi) is 7.71. The highest BCUT2D eigenvalue weighted by Crippen LogP contribution is 2.14. The first-order valence-electron chi connectivity index (χ1n) is 8.67. The van der Waals surface area contributed by atoms with Gasteiger partial charge in [-0.15, -0.1) is 0 Å². The molecule has 0 saturated carbocycles. The van der Waals surface area contributed by atoms with E-state index in [2.05, 4.69) is 21.6 Å². The summed E-state index contributed by atoms with van der Waals surface area (Å²) in [5, 5.41) is 14.7. The van der Waals surface area contributed by atoms with Crippen LogP contribution in [0.1, 0.15) is 31.2 Å². The van der Waals surface area contributed by atoms with Gasteiger partial charge in [-0.3, -0.25) is 9.59 Å². The lowest BCUT2D eigenvalue weighted by Gasteiger charge is -2.27. The fourth-order valence-corrected chi connectivity index (χ4v) is 2.85. The van der Waals surface area contributed by atoms with E-state index in [0.717, 1.165) is 51.3 Å². The molecule has 1 fully saturated rings. The number of carbonyl (C=O) groups excluding carboxylic acids is 1. The molecule has 0 spiro atoms. The molecule has 0 radical (unpaired) electrons. The summed E-state index contributed by atoms with van der Waals surface area (Å²) in [5.41, 5.74) is 1.94. The van der Waals surface area contributed by atoms with Crippen molar-refractivity contribution < 1.29 is 14.7 Å². The second kappa shape index (κ2) is 10.1. The smallest absolute Gasteiger partial charge is 0.303 e. The minimum Gasteiger partial charge on any atom is -0.481 e. The van der Waals surface area contributed by atoms with Gasteiger partial charge in [0.15, 0.2) is 0 Å². The number of hydrogen-bond acceptors (Lipinski definition) is 4. The zero-order valence-corrected chi connectivity index (χ0v) is 14.1. The number of amides is 1. The van der Waals surface area contributed by atoms with Crippen molar-refractivity contribution in [2.75, 3.05) is 38.0 Å². The van der Waals surface area contributed by atoms with E-state index in [-0.39, 0.29) is 18.7 Å². The number of nitrogens with one attached hydrogen (secondary N) is 2. The molecule has 0 aliphatic carbocycles. The molecule has 1 aliphatic rings. The third-order valence-electron chi connectivity index (χ3n) is 4.18. The molecule has 0 bridgehead atoms. The molecule has 1 aromatic carbocycles. The molecule has 6 nitrogen and oxygen atoms in total. The van der Waals surface area contributed by atoms with Crippen molar-refractivity contribution in [3.63, 3.8) is 0 Å². The largest absolute Gasteiger partial charge is 0.481 e. The Hall–Kier alpha value is -1.92. The monoisotopic (exact) mass is 333 g/mol. The molecular weight excluding hydrogens is 306 g/mol. The molecule has 0 aromatic heterocycles. The number of aryl methyl sites for hydroxylation is 1. The van der Waals surface area contributed by atoms with E-state index >= 15 is 0 Å². The molecule has 132 valence electrons. The molecule has 24 heavy (non-hydrogen) atoms. The summed E-state index contributed by atoms with van der Waals surface area (Å²) in [4.78, 5) is 24.7. The zero-order chi connectivity index (χ0) is 17.2. The molecule has 2 rings (SSSR count). The van der Waals surface area contributed by atoms with Gasteiger partial charge in [-0.1, -0.05) is 12.1 Å². The summed E-state index contributed by atoms with van der Waals surface area (Å²) in [7, 11) is 0. The standard InChI is InChI=1S/C18H27N3O3/c22-17(7-8-18(23)24)20-16-6-3-5-15(14-16)4-1-2-11-21-12-9-19-10-13-21/h3,5-6,14,19H,1-2,4,7-13H2,(H,20,22)(H,23,24). The van der Waals surface area contributed by atoms with E-state index < -0.39 is 5.97 Å². The van der Waals surface area contributed by atoms with E-state index in [1.54, 1.807) is 0 Å². The van der Waals surface area contributed by atoms with Crippen molar-refractivity contribution in [1.82, 2.24) is 10.2 Å². The number of benzene rings is 1. The van der Waals surface area contributed by atoms with Crippen LogP contribution >= 0.6 is 0 Å². The summed E-state index contributed by atoms with van der Waals surface area (Å²) < 4.78 is 0. The molecule has 0 unspecified atom stereocenters. The third kappa shape index (κ3) is 7.10. The van der Waals surface area contributed by atoms with Gasteiger partial charge in [0, 0.05) is 38.3 Å². The van der Waals surface area contributed by atoms with Gasteiger partial charge in [-0.25, -0.2) is 0 Å². The van der Waals surface area contributed by atoms with Crippen LogP contribution < -0.4 is 10.6 Å². The molecule has 1 saturated heterocycles. The van der Waals surface area contributed by atoms with Crippen LogP contribution in [0.15, 0.2) is 24.3 Å². The number of rotatable bonds is 9. The molecule has 3 N–H and O–H groups in total. The lowest BCUT2D eigenvalue weighted by molar-refractivity contribution is -0.138. The first kappa shape index (κ1) is 18.4. The van der Waals surface area contributed by atoms with Crippen LogP contribution in [-0.4, -0.2) is 54.6 Å². The summed E-state index contributed by atoms with van der Waals surface area (Å²) in [6.07, 6.45) is 3.16. The molecule has 1 heterocycles. The highest BCUT2D eigenvalue weighted by atomic mass is 16.4. The average molecular weight is 333 g/mol. The van der Waals surface area contributed by atoms with Crippen molar-refractivity contribution in [2.24, 2.45) is 0 Å². The number of carboxylic acid groups (broad SMARTS) is 1. The zero-order valence-electron chi connectivity index (χ0n) is 14.1. The number of anilines is 1. The van der Waals surface area contributed by atoms with Crippen molar-refractivity contribution in [3.8, 4) is 0 Å². The van der Waals surface area contributed by atoms with Gasteiger partial charge < -0.3 is 20.6 Å². The van der Waals surface area contributed by atoms with Gasteiger partial charge in [0.25, 0.3) is 0 Å². The van der Waals surface area contributed by atoms with Gasteiger partial charge in [0.2, 0.25) is 5.91 Å². The summed E-state index contributed by atoms with van der Waals surface area (Å²) >= 11 is 0. The van der Waals surface area contributed by atoms with Crippen LogP contribution in [0.25, 0.3) is 0 Å². The minimum absolute atomic E-state index is 0.00422. The Morgan fingerprint density at radius 1 is 1.17 bits per heavy atom. The first-order chi connectivity index (χ1) is 11.6. The Morgan fingerprint density at radius 2 is 1.96 bits per heavy atom. The maximum Gasteiger partial charge on any atom is 0.303 e. The molecule has 1 aliphatic heterocycles. The van der Waals surface area contributed by atoms with Crippen molar-refractivity contribution in [2.45, 2.75) is 32.1 Å². The number of nitrogens with zero attached hydrogens (tertiary/aromatic N) is 1. The summed E-state index contributed by atoms with van der Waals surface area (Å²) in [6, 6.07) is 7.81. The van der Waals surface area contributed by atoms with E-state index in [4.69, 9.17) is 5.11 Å². The molecule has 6 heteroatoms. The van der Waals surface area contributed by atoms with Crippen LogP contribution in [0.2, 0.25) is 0 Å². The summed E-state index contributed by atoms with van der Waals surface area (Å²) in [5.74, 6) is -1.21. The normalized spacial score (nSPS) is 15.2. The number of carbonyl (C=O) groups is 2. The Balaban J connectivity index is 1.69. The fraction of sp³-hybridized carbons (Fsp3) is 0.556. The van der Waals surface area contributed by atoms with Gasteiger partial charge in [0.05, 0.1) is 6.42 Å². The number of unbranched alkanes of at least 4 members (excludes halogenated alkanes) is 1.